The first-order valence-electron chi connectivity index (χ1n) is 8.21. The monoisotopic (exact) mass is 461 g/mol. The van der Waals surface area contributed by atoms with Gasteiger partial charge in [0.2, 0.25) is 0 Å². The van der Waals surface area contributed by atoms with Crippen LogP contribution in [-0.2, 0) is 34.2 Å². The summed E-state index contributed by atoms with van der Waals surface area (Å²) in [5, 5.41) is 0. The van der Waals surface area contributed by atoms with Gasteiger partial charge in [-0.3, -0.25) is 0 Å². The Bertz CT molecular complexity index is 956. The van der Waals surface area contributed by atoms with E-state index >= 15 is 0 Å². The highest BCUT2D eigenvalue weighted by atomic mass is 35.7. The Kier molecular flexibility index (Phi) is 8.01. The van der Waals surface area contributed by atoms with E-state index in [2.05, 4.69) is 0 Å². The lowest BCUT2D eigenvalue weighted by molar-refractivity contribution is -0.139. The number of aryl methyl sites for hydroxylation is 2. The summed E-state index contributed by atoms with van der Waals surface area (Å²) in [5.41, 5.74) is 4.15. The number of rotatable bonds is 3. The van der Waals surface area contributed by atoms with Crippen LogP contribution in [0.2, 0.25) is 0 Å². The van der Waals surface area contributed by atoms with E-state index in [4.69, 9.17) is 16.4 Å². The first-order valence-corrected chi connectivity index (χ1v) is 10.5. The molecule has 0 aliphatic carbocycles. The molecule has 0 aromatic heterocycles. The van der Waals surface area contributed by atoms with Gasteiger partial charge < -0.3 is 5.73 Å². The SMILES string of the molecule is CCc1ccc(N)cc1C(F)(F)F.CCc1ccc(S(=O)(=O)Cl)cc1C(F)(F)F. The van der Waals surface area contributed by atoms with E-state index in [0.717, 1.165) is 18.2 Å². The van der Waals surface area contributed by atoms with E-state index in [-0.39, 0.29) is 23.2 Å². The Morgan fingerprint density at radius 1 is 0.828 bits per heavy atom. The molecule has 2 rings (SSSR count). The summed E-state index contributed by atoms with van der Waals surface area (Å²) in [4.78, 5) is -0.543. The van der Waals surface area contributed by atoms with Gasteiger partial charge in [-0.15, -0.1) is 0 Å². The van der Waals surface area contributed by atoms with Crippen LogP contribution in [0.25, 0.3) is 0 Å². The van der Waals surface area contributed by atoms with Gasteiger partial charge in [0.1, 0.15) is 0 Å². The number of alkyl halides is 6. The second-order valence-corrected chi connectivity index (χ2v) is 8.44. The van der Waals surface area contributed by atoms with Crippen LogP contribution < -0.4 is 5.73 Å². The van der Waals surface area contributed by atoms with E-state index < -0.39 is 37.4 Å². The molecule has 2 aromatic carbocycles. The van der Waals surface area contributed by atoms with Gasteiger partial charge in [0.15, 0.2) is 0 Å². The van der Waals surface area contributed by atoms with Crippen LogP contribution in [0, 0.1) is 0 Å². The van der Waals surface area contributed by atoms with Gasteiger partial charge >= 0.3 is 12.4 Å². The largest absolute Gasteiger partial charge is 0.416 e. The summed E-state index contributed by atoms with van der Waals surface area (Å²) in [6.07, 6.45) is -8.36. The Hall–Kier alpha value is -1.94. The molecule has 11 heteroatoms. The van der Waals surface area contributed by atoms with Crippen LogP contribution in [-0.4, -0.2) is 8.42 Å². The molecule has 0 heterocycles. The highest BCUT2D eigenvalue weighted by Gasteiger charge is 2.34. The minimum absolute atomic E-state index is 0.0385. The third kappa shape index (κ3) is 7.11. The molecule has 0 fully saturated rings. The number of benzene rings is 2. The van der Waals surface area contributed by atoms with Crippen molar-refractivity contribution < 1.29 is 34.8 Å². The van der Waals surface area contributed by atoms with Crippen molar-refractivity contribution in [3.05, 3.63) is 58.7 Å². The average Bonchev–Trinajstić information content (AvgIpc) is 2.59. The number of nitrogens with two attached hydrogens (primary N) is 1. The molecule has 0 saturated carbocycles. The van der Waals surface area contributed by atoms with Crippen LogP contribution in [0.5, 0.6) is 0 Å². The van der Waals surface area contributed by atoms with Gasteiger partial charge in [-0.2, -0.15) is 26.3 Å². The van der Waals surface area contributed by atoms with Crippen LogP contribution in [0.1, 0.15) is 36.1 Å². The third-order valence-corrected chi connectivity index (χ3v) is 5.22. The van der Waals surface area contributed by atoms with Gasteiger partial charge in [-0.05, 0) is 48.2 Å². The highest BCUT2D eigenvalue weighted by Crippen LogP contribution is 2.35. The van der Waals surface area contributed by atoms with E-state index in [1.165, 1.54) is 12.1 Å². The fraction of sp³-hybridized carbons (Fsp3) is 0.333. The minimum atomic E-state index is -4.58. The fourth-order valence-electron chi connectivity index (χ4n) is 2.45. The smallest absolute Gasteiger partial charge is 0.399 e. The molecule has 0 bridgehead atoms. The predicted molar refractivity (Wildman–Crippen MR) is 99.1 cm³/mol. The molecule has 2 aromatic rings. The number of halogens is 7. The molecule has 29 heavy (non-hydrogen) atoms. The first-order chi connectivity index (χ1) is 13.1. The van der Waals surface area contributed by atoms with E-state index in [1.807, 2.05) is 0 Å². The molecule has 0 radical (unpaired) electrons. The molecule has 0 atom stereocenters. The van der Waals surface area contributed by atoms with Gasteiger partial charge in [0.25, 0.3) is 9.05 Å². The lowest BCUT2D eigenvalue weighted by atomic mass is 10.0. The zero-order valence-electron chi connectivity index (χ0n) is 15.3. The summed E-state index contributed by atoms with van der Waals surface area (Å²) >= 11 is 0. The second kappa shape index (κ2) is 9.25. The molecular weight excluding hydrogens is 444 g/mol. The molecule has 2 N–H and O–H groups in total. The van der Waals surface area contributed by atoms with Crippen molar-refractivity contribution in [1.82, 2.24) is 0 Å². The normalized spacial score (nSPS) is 12.3. The number of hydrogen-bond acceptors (Lipinski definition) is 3. The standard InChI is InChI=1S/C9H8ClF3O2S.C9H10F3N/c1-2-6-3-4-7(16(10,14)15)5-8(6)9(11,12)13;1-2-6-3-4-7(13)5-8(6)9(10,11)12/h3-5H,2H2,1H3;3-5H,2,13H2,1H3. The van der Waals surface area contributed by atoms with Crippen LogP contribution in [0.4, 0.5) is 32.0 Å². The molecule has 0 unspecified atom stereocenters. The van der Waals surface area contributed by atoms with Crippen LogP contribution >= 0.6 is 10.7 Å². The Morgan fingerprint density at radius 2 is 1.24 bits per heavy atom. The Balaban J connectivity index is 0.000000296. The first kappa shape index (κ1) is 25.1. The van der Waals surface area contributed by atoms with Gasteiger partial charge in [0, 0.05) is 16.4 Å². The zero-order chi connectivity index (χ0) is 22.6. The molecular formula is C18H18ClF6NO2S. The summed E-state index contributed by atoms with van der Waals surface area (Å²) in [7, 11) is 0.843. The maximum atomic E-state index is 12.6. The minimum Gasteiger partial charge on any atom is -0.399 e. The molecule has 0 aliphatic heterocycles. The van der Waals surface area contributed by atoms with E-state index in [1.54, 1.807) is 13.8 Å². The second-order valence-electron chi connectivity index (χ2n) is 5.88. The Morgan fingerprint density at radius 3 is 1.62 bits per heavy atom. The van der Waals surface area contributed by atoms with Gasteiger partial charge in [-0.25, -0.2) is 8.42 Å². The average molecular weight is 462 g/mol. The molecule has 0 aliphatic rings. The number of nitrogen functional groups attached to an aromatic ring is 1. The fourth-order valence-corrected chi connectivity index (χ4v) is 3.22. The topological polar surface area (TPSA) is 60.2 Å². The summed E-state index contributed by atoms with van der Waals surface area (Å²) < 4.78 is 96.6. The summed E-state index contributed by atoms with van der Waals surface area (Å²) in [5.74, 6) is 0. The van der Waals surface area contributed by atoms with Crippen molar-refractivity contribution in [1.29, 1.82) is 0 Å². The lowest BCUT2D eigenvalue weighted by Gasteiger charge is -2.12. The lowest BCUT2D eigenvalue weighted by Crippen LogP contribution is -2.10. The summed E-state index contributed by atoms with van der Waals surface area (Å²) in [6.45, 7) is 3.24. The molecule has 3 nitrogen and oxygen atoms in total. The molecule has 162 valence electrons. The van der Waals surface area contributed by atoms with Crippen molar-refractivity contribution in [2.24, 2.45) is 0 Å². The van der Waals surface area contributed by atoms with E-state index in [9.17, 15) is 34.8 Å². The van der Waals surface area contributed by atoms with Crippen molar-refractivity contribution in [3.8, 4) is 0 Å². The van der Waals surface area contributed by atoms with Gasteiger partial charge in [0.05, 0.1) is 16.0 Å². The van der Waals surface area contributed by atoms with Crippen molar-refractivity contribution in [2.75, 3.05) is 5.73 Å². The van der Waals surface area contributed by atoms with Crippen LogP contribution in [0.3, 0.4) is 0 Å². The molecule has 0 amide bonds. The van der Waals surface area contributed by atoms with E-state index in [0.29, 0.717) is 12.5 Å². The quantitative estimate of drug-likeness (QED) is 0.344. The molecule has 0 saturated heterocycles. The number of anilines is 1. The maximum Gasteiger partial charge on any atom is 0.416 e. The molecule has 0 spiro atoms. The summed E-state index contributed by atoms with van der Waals surface area (Å²) in [6, 6.07) is 6.61. The zero-order valence-corrected chi connectivity index (χ0v) is 16.9. The van der Waals surface area contributed by atoms with Crippen molar-refractivity contribution >= 4 is 25.4 Å². The van der Waals surface area contributed by atoms with Gasteiger partial charge in [-0.1, -0.05) is 26.0 Å². The maximum absolute atomic E-state index is 12.6. The van der Waals surface area contributed by atoms with Crippen LogP contribution in [0.15, 0.2) is 41.3 Å². The number of hydrogen-bond donors (Lipinski definition) is 1. The third-order valence-electron chi connectivity index (χ3n) is 3.87. The Labute approximate surface area is 168 Å². The van der Waals surface area contributed by atoms with Crippen molar-refractivity contribution in [2.45, 2.75) is 43.9 Å². The van der Waals surface area contributed by atoms with Crippen molar-refractivity contribution in [3.63, 3.8) is 0 Å². The predicted octanol–water partition coefficient (Wildman–Crippen LogP) is 6.05. The highest BCUT2D eigenvalue weighted by molar-refractivity contribution is 8.13.